The molecule has 1 heterocycles. The van der Waals surface area contributed by atoms with Gasteiger partial charge in [0.05, 0.1) is 0 Å². The highest BCUT2D eigenvalue weighted by Crippen LogP contribution is 2.10. The van der Waals surface area contributed by atoms with Gasteiger partial charge in [0.15, 0.2) is 0 Å². The van der Waals surface area contributed by atoms with Crippen LogP contribution in [0.4, 0.5) is 11.6 Å². The number of H-pyrrole nitrogens is 1. The zero-order valence-corrected chi connectivity index (χ0v) is 6.99. The predicted octanol–water partition coefficient (Wildman–Crippen LogP) is 1.73. The first-order valence-electron chi connectivity index (χ1n) is 3.91. The van der Waals surface area contributed by atoms with Gasteiger partial charge in [-0.15, -0.1) is 5.10 Å². The van der Waals surface area contributed by atoms with Gasteiger partial charge in [-0.05, 0) is 12.1 Å². The van der Waals surface area contributed by atoms with Crippen molar-refractivity contribution < 1.29 is 0 Å². The first-order chi connectivity index (χ1) is 6.34. The highest BCUT2D eigenvalue weighted by atomic mass is 15.3. The fourth-order valence-corrected chi connectivity index (χ4v) is 1.00. The average Bonchev–Trinajstić information content (AvgIpc) is 2.53. The molecule has 0 saturated carbocycles. The summed E-state index contributed by atoms with van der Waals surface area (Å²) in [6.45, 7) is 3.61. The summed E-state index contributed by atoms with van der Waals surface area (Å²) in [5.74, 6) is 1.09. The van der Waals surface area contributed by atoms with E-state index in [-0.39, 0.29) is 0 Å². The summed E-state index contributed by atoms with van der Waals surface area (Å²) in [7, 11) is 0. The SMILES string of the molecule is [CH2]c1nc(Nc2ccccc2)n[nH]1. The third kappa shape index (κ3) is 1.84. The molecule has 0 spiro atoms. The highest BCUT2D eigenvalue weighted by Gasteiger charge is 1.97. The summed E-state index contributed by atoms with van der Waals surface area (Å²) >= 11 is 0. The first-order valence-corrected chi connectivity index (χ1v) is 3.91. The number of hydrogen-bond donors (Lipinski definition) is 2. The van der Waals surface area contributed by atoms with Crippen LogP contribution in [0.2, 0.25) is 0 Å². The van der Waals surface area contributed by atoms with E-state index in [0.29, 0.717) is 11.8 Å². The maximum Gasteiger partial charge on any atom is 0.246 e. The molecule has 0 fully saturated rings. The molecule has 0 saturated heterocycles. The van der Waals surface area contributed by atoms with Crippen molar-refractivity contribution in [3.05, 3.63) is 43.1 Å². The third-order valence-electron chi connectivity index (χ3n) is 1.56. The van der Waals surface area contributed by atoms with E-state index in [1.807, 2.05) is 30.3 Å². The molecule has 0 unspecified atom stereocenters. The number of aromatic amines is 1. The molecule has 0 aliphatic rings. The summed E-state index contributed by atoms with van der Waals surface area (Å²) in [6.07, 6.45) is 0. The van der Waals surface area contributed by atoms with Gasteiger partial charge in [-0.1, -0.05) is 18.2 Å². The number of aromatic nitrogens is 3. The number of anilines is 2. The second kappa shape index (κ2) is 3.26. The normalized spacial score (nSPS) is 9.92. The molecule has 1 radical (unpaired) electrons. The molecule has 65 valence electrons. The monoisotopic (exact) mass is 173 g/mol. The van der Waals surface area contributed by atoms with E-state index in [1.54, 1.807) is 0 Å². The molecule has 2 N–H and O–H groups in total. The van der Waals surface area contributed by atoms with Crippen LogP contribution in [-0.4, -0.2) is 15.2 Å². The standard InChI is InChI=1S/C9H9N4/c1-7-10-9(13-12-7)11-8-5-3-2-4-6-8/h2-6H,1H2,(H2,10,11,12,13). The largest absolute Gasteiger partial charge is 0.323 e. The minimum absolute atomic E-state index is 0.538. The Bertz CT molecular complexity index is 380. The lowest BCUT2D eigenvalue weighted by Gasteiger charge is -1.98. The Hall–Kier alpha value is -1.84. The van der Waals surface area contributed by atoms with Crippen LogP contribution >= 0.6 is 0 Å². The van der Waals surface area contributed by atoms with E-state index in [2.05, 4.69) is 27.4 Å². The van der Waals surface area contributed by atoms with E-state index >= 15 is 0 Å². The molecule has 1 aromatic carbocycles. The molecule has 4 heteroatoms. The van der Waals surface area contributed by atoms with Gasteiger partial charge in [-0.25, -0.2) is 0 Å². The first kappa shape index (κ1) is 7.79. The van der Waals surface area contributed by atoms with Crippen LogP contribution in [0, 0.1) is 6.92 Å². The quantitative estimate of drug-likeness (QED) is 0.727. The zero-order chi connectivity index (χ0) is 9.10. The molecule has 0 bridgehead atoms. The van der Waals surface area contributed by atoms with Crippen LogP contribution in [-0.2, 0) is 0 Å². The van der Waals surface area contributed by atoms with Gasteiger partial charge < -0.3 is 5.32 Å². The molecular weight excluding hydrogens is 164 g/mol. The fraction of sp³-hybridized carbons (Fsp3) is 0. The Morgan fingerprint density at radius 3 is 2.62 bits per heavy atom. The molecule has 2 aromatic rings. The van der Waals surface area contributed by atoms with Gasteiger partial charge in [0.25, 0.3) is 0 Å². The van der Waals surface area contributed by atoms with Crippen LogP contribution in [0.15, 0.2) is 30.3 Å². The summed E-state index contributed by atoms with van der Waals surface area (Å²) < 4.78 is 0. The molecule has 0 aliphatic carbocycles. The third-order valence-corrected chi connectivity index (χ3v) is 1.56. The van der Waals surface area contributed by atoms with Crippen LogP contribution in [0.3, 0.4) is 0 Å². The lowest BCUT2D eigenvalue weighted by atomic mass is 10.3. The second-order valence-electron chi connectivity index (χ2n) is 2.60. The van der Waals surface area contributed by atoms with Crippen LogP contribution < -0.4 is 5.32 Å². The molecule has 13 heavy (non-hydrogen) atoms. The Kier molecular flexibility index (Phi) is 1.96. The maximum atomic E-state index is 4.02. The smallest absolute Gasteiger partial charge is 0.246 e. The van der Waals surface area contributed by atoms with Crippen molar-refractivity contribution in [1.29, 1.82) is 0 Å². The zero-order valence-electron chi connectivity index (χ0n) is 6.99. The lowest BCUT2D eigenvalue weighted by Crippen LogP contribution is -1.91. The lowest BCUT2D eigenvalue weighted by molar-refractivity contribution is 1.07. The summed E-state index contributed by atoms with van der Waals surface area (Å²) in [6, 6.07) is 9.73. The van der Waals surface area contributed by atoms with Crippen LogP contribution in [0.1, 0.15) is 5.82 Å². The Labute approximate surface area is 76.0 Å². The van der Waals surface area contributed by atoms with E-state index in [4.69, 9.17) is 0 Å². The van der Waals surface area contributed by atoms with Gasteiger partial charge in [0.2, 0.25) is 5.95 Å². The fourth-order valence-electron chi connectivity index (χ4n) is 1.00. The summed E-state index contributed by atoms with van der Waals surface area (Å²) in [4.78, 5) is 4.02. The average molecular weight is 173 g/mol. The maximum absolute atomic E-state index is 4.02. The van der Waals surface area contributed by atoms with Crippen molar-refractivity contribution in [2.75, 3.05) is 5.32 Å². The van der Waals surface area contributed by atoms with Crippen molar-refractivity contribution in [3.63, 3.8) is 0 Å². The van der Waals surface area contributed by atoms with Crippen molar-refractivity contribution in [3.8, 4) is 0 Å². The van der Waals surface area contributed by atoms with Gasteiger partial charge in [-0.3, -0.25) is 5.10 Å². The number of rotatable bonds is 2. The van der Waals surface area contributed by atoms with E-state index in [9.17, 15) is 0 Å². The van der Waals surface area contributed by atoms with Crippen molar-refractivity contribution in [2.24, 2.45) is 0 Å². The van der Waals surface area contributed by atoms with Crippen LogP contribution in [0.5, 0.6) is 0 Å². The van der Waals surface area contributed by atoms with Gasteiger partial charge in [0.1, 0.15) is 5.82 Å². The van der Waals surface area contributed by atoms with Gasteiger partial charge in [-0.2, -0.15) is 4.98 Å². The molecule has 2 rings (SSSR count). The molecule has 0 atom stereocenters. The molecule has 0 aliphatic heterocycles. The molecular formula is C9H9N4. The van der Waals surface area contributed by atoms with E-state index < -0.39 is 0 Å². The number of nitrogens with zero attached hydrogens (tertiary/aromatic N) is 2. The molecule has 1 aromatic heterocycles. The Morgan fingerprint density at radius 2 is 2.00 bits per heavy atom. The highest BCUT2D eigenvalue weighted by molar-refractivity contribution is 5.52. The van der Waals surface area contributed by atoms with E-state index in [1.165, 1.54) is 0 Å². The predicted molar refractivity (Wildman–Crippen MR) is 50.6 cm³/mol. The topological polar surface area (TPSA) is 53.6 Å². The molecule has 0 amide bonds. The number of benzene rings is 1. The van der Waals surface area contributed by atoms with Gasteiger partial charge >= 0.3 is 0 Å². The van der Waals surface area contributed by atoms with E-state index in [0.717, 1.165) is 5.69 Å². The Morgan fingerprint density at radius 1 is 1.23 bits per heavy atom. The van der Waals surface area contributed by atoms with Gasteiger partial charge in [0, 0.05) is 12.6 Å². The molecule has 4 nitrogen and oxygen atoms in total. The summed E-state index contributed by atoms with van der Waals surface area (Å²) in [5, 5.41) is 9.59. The number of nitrogens with one attached hydrogen (secondary N) is 2. The Balaban J connectivity index is 2.15. The minimum atomic E-state index is 0.538. The van der Waals surface area contributed by atoms with Crippen molar-refractivity contribution in [1.82, 2.24) is 15.2 Å². The van der Waals surface area contributed by atoms with Crippen molar-refractivity contribution >= 4 is 11.6 Å². The van der Waals surface area contributed by atoms with Crippen LogP contribution in [0.25, 0.3) is 0 Å². The van der Waals surface area contributed by atoms with Crippen molar-refractivity contribution in [2.45, 2.75) is 0 Å². The second-order valence-corrected chi connectivity index (χ2v) is 2.60. The number of para-hydroxylation sites is 1. The number of hydrogen-bond acceptors (Lipinski definition) is 3. The minimum Gasteiger partial charge on any atom is -0.323 e. The summed E-state index contributed by atoms with van der Waals surface area (Å²) in [5.41, 5.74) is 0.960.